The molecule has 0 atom stereocenters. The zero-order chi connectivity index (χ0) is 10.0. The number of nitrogens with zero attached hydrogens (tertiary/aromatic N) is 1. The van der Waals surface area contributed by atoms with Gasteiger partial charge in [-0.1, -0.05) is 29.8 Å². The summed E-state index contributed by atoms with van der Waals surface area (Å²) in [7, 11) is 0. The number of aromatic nitrogens is 1. The highest BCUT2D eigenvalue weighted by Crippen LogP contribution is 2.21. The SMILES string of the molecule is C=CC(=O)c1c(C)cc(Cl)nc1Cl. The lowest BCUT2D eigenvalue weighted by Crippen LogP contribution is -2.00. The third-order valence-electron chi connectivity index (χ3n) is 1.57. The molecular weight excluding hydrogens is 209 g/mol. The third-order valence-corrected chi connectivity index (χ3v) is 2.04. The lowest BCUT2D eigenvalue weighted by molar-refractivity contribution is 0.104. The molecule has 1 aromatic heterocycles. The van der Waals surface area contributed by atoms with Crippen molar-refractivity contribution in [1.82, 2.24) is 4.98 Å². The molecule has 0 saturated carbocycles. The number of halogens is 2. The molecule has 1 rings (SSSR count). The molecule has 0 N–H and O–H groups in total. The number of aryl methyl sites for hydroxylation is 1. The van der Waals surface area contributed by atoms with E-state index >= 15 is 0 Å². The molecule has 0 radical (unpaired) electrons. The van der Waals surface area contributed by atoms with Crippen LogP contribution in [0.2, 0.25) is 10.3 Å². The Morgan fingerprint density at radius 2 is 2.23 bits per heavy atom. The molecule has 13 heavy (non-hydrogen) atoms. The summed E-state index contributed by atoms with van der Waals surface area (Å²) < 4.78 is 0. The molecule has 0 spiro atoms. The highest BCUT2D eigenvalue weighted by molar-refractivity contribution is 6.35. The van der Waals surface area contributed by atoms with Gasteiger partial charge < -0.3 is 0 Å². The minimum absolute atomic E-state index is 0.120. The first-order valence-corrected chi connectivity index (χ1v) is 4.31. The van der Waals surface area contributed by atoms with Crippen molar-refractivity contribution in [2.24, 2.45) is 0 Å². The molecule has 1 heterocycles. The zero-order valence-corrected chi connectivity index (χ0v) is 8.49. The Labute approximate surface area is 86.2 Å². The van der Waals surface area contributed by atoms with Crippen LogP contribution in [0, 0.1) is 6.92 Å². The van der Waals surface area contributed by atoms with E-state index in [2.05, 4.69) is 11.6 Å². The fourth-order valence-corrected chi connectivity index (χ4v) is 1.62. The van der Waals surface area contributed by atoms with Crippen molar-refractivity contribution < 1.29 is 4.79 Å². The Bertz CT molecular complexity index is 351. The molecule has 0 aliphatic heterocycles. The summed E-state index contributed by atoms with van der Waals surface area (Å²) in [6, 6.07) is 1.59. The van der Waals surface area contributed by atoms with E-state index < -0.39 is 0 Å². The molecule has 0 aliphatic carbocycles. The van der Waals surface area contributed by atoms with Crippen LogP contribution in [-0.2, 0) is 0 Å². The molecule has 0 aromatic carbocycles. The lowest BCUT2D eigenvalue weighted by atomic mass is 10.1. The summed E-state index contributed by atoms with van der Waals surface area (Å²) in [5.41, 5.74) is 1.07. The van der Waals surface area contributed by atoms with E-state index in [9.17, 15) is 4.79 Å². The summed E-state index contributed by atoms with van der Waals surface area (Å²) in [4.78, 5) is 15.0. The van der Waals surface area contributed by atoms with Crippen molar-refractivity contribution in [1.29, 1.82) is 0 Å². The monoisotopic (exact) mass is 215 g/mol. The average Bonchev–Trinajstić information content (AvgIpc) is 2.02. The van der Waals surface area contributed by atoms with Gasteiger partial charge in [0, 0.05) is 0 Å². The molecule has 68 valence electrons. The quantitative estimate of drug-likeness (QED) is 0.432. The number of ketones is 1. The second-order valence-electron chi connectivity index (χ2n) is 2.50. The van der Waals surface area contributed by atoms with Crippen molar-refractivity contribution in [2.45, 2.75) is 6.92 Å². The van der Waals surface area contributed by atoms with E-state index in [1.165, 1.54) is 6.08 Å². The van der Waals surface area contributed by atoms with Gasteiger partial charge in [-0.15, -0.1) is 0 Å². The van der Waals surface area contributed by atoms with Crippen molar-refractivity contribution in [3.8, 4) is 0 Å². The summed E-state index contributed by atoms with van der Waals surface area (Å²) in [6.07, 6.45) is 1.20. The zero-order valence-electron chi connectivity index (χ0n) is 6.97. The summed E-state index contributed by atoms with van der Waals surface area (Å²) in [5, 5.41) is 0.401. The summed E-state index contributed by atoms with van der Waals surface area (Å²) in [6.45, 7) is 5.12. The van der Waals surface area contributed by atoms with E-state index in [4.69, 9.17) is 23.2 Å². The number of hydrogen-bond acceptors (Lipinski definition) is 2. The smallest absolute Gasteiger partial charge is 0.188 e. The first-order valence-electron chi connectivity index (χ1n) is 3.55. The minimum atomic E-state index is -0.244. The predicted octanol–water partition coefficient (Wildman–Crippen LogP) is 3.07. The van der Waals surface area contributed by atoms with E-state index in [-0.39, 0.29) is 16.1 Å². The Morgan fingerprint density at radius 3 is 2.69 bits per heavy atom. The second kappa shape index (κ2) is 3.90. The molecule has 0 unspecified atom stereocenters. The molecule has 2 nitrogen and oxygen atoms in total. The van der Waals surface area contributed by atoms with Crippen LogP contribution in [0.1, 0.15) is 15.9 Å². The van der Waals surface area contributed by atoms with Crippen molar-refractivity contribution in [2.75, 3.05) is 0 Å². The van der Waals surface area contributed by atoms with Gasteiger partial charge in [-0.25, -0.2) is 4.98 Å². The van der Waals surface area contributed by atoms with Crippen LogP contribution in [0.4, 0.5) is 0 Å². The Hall–Kier alpha value is -0.860. The fraction of sp³-hybridized carbons (Fsp3) is 0.111. The van der Waals surface area contributed by atoms with Crippen LogP contribution >= 0.6 is 23.2 Å². The van der Waals surface area contributed by atoms with E-state index in [0.29, 0.717) is 11.1 Å². The molecule has 4 heteroatoms. The van der Waals surface area contributed by atoms with E-state index in [1.54, 1.807) is 13.0 Å². The lowest BCUT2D eigenvalue weighted by Gasteiger charge is -2.03. The number of carbonyl (C=O) groups excluding carboxylic acids is 1. The molecule has 1 aromatic rings. The average molecular weight is 216 g/mol. The van der Waals surface area contributed by atoms with Crippen LogP contribution in [0.3, 0.4) is 0 Å². The Balaban J connectivity index is 3.36. The van der Waals surface area contributed by atoms with Crippen molar-refractivity contribution in [3.63, 3.8) is 0 Å². The van der Waals surface area contributed by atoms with Crippen LogP contribution < -0.4 is 0 Å². The van der Waals surface area contributed by atoms with E-state index in [1.807, 2.05) is 0 Å². The normalized spacial score (nSPS) is 9.77. The number of pyridine rings is 1. The maximum atomic E-state index is 11.3. The van der Waals surface area contributed by atoms with Crippen LogP contribution in [0.15, 0.2) is 18.7 Å². The van der Waals surface area contributed by atoms with Crippen LogP contribution in [-0.4, -0.2) is 10.8 Å². The topological polar surface area (TPSA) is 30.0 Å². The maximum absolute atomic E-state index is 11.3. The van der Waals surface area contributed by atoms with Crippen LogP contribution in [0.25, 0.3) is 0 Å². The second-order valence-corrected chi connectivity index (χ2v) is 3.24. The molecule has 0 aliphatic rings. The number of hydrogen-bond donors (Lipinski definition) is 0. The van der Waals surface area contributed by atoms with Gasteiger partial charge in [0.2, 0.25) is 0 Å². The van der Waals surface area contributed by atoms with Crippen LogP contribution in [0.5, 0.6) is 0 Å². The molecule has 0 amide bonds. The van der Waals surface area contributed by atoms with Gasteiger partial charge in [0.1, 0.15) is 10.3 Å². The maximum Gasteiger partial charge on any atom is 0.188 e. The Morgan fingerprint density at radius 1 is 1.62 bits per heavy atom. The Kier molecular flexibility index (Phi) is 3.07. The van der Waals surface area contributed by atoms with Gasteiger partial charge in [0.15, 0.2) is 5.78 Å². The van der Waals surface area contributed by atoms with E-state index in [0.717, 1.165) is 0 Å². The standard InChI is InChI=1S/C9H7Cl2NO/c1-3-6(13)8-5(2)4-7(10)12-9(8)11/h3-4H,1H2,2H3. The van der Waals surface area contributed by atoms with Gasteiger partial charge in [0.05, 0.1) is 5.56 Å². The molecule has 0 fully saturated rings. The first-order chi connectivity index (χ1) is 6.06. The van der Waals surface area contributed by atoms with Gasteiger partial charge in [-0.05, 0) is 24.6 Å². The van der Waals surface area contributed by atoms with Gasteiger partial charge in [-0.3, -0.25) is 4.79 Å². The number of carbonyl (C=O) groups is 1. The molecular formula is C9H7Cl2NO. The predicted molar refractivity (Wildman–Crippen MR) is 53.5 cm³/mol. The largest absolute Gasteiger partial charge is 0.289 e. The van der Waals surface area contributed by atoms with Gasteiger partial charge in [0.25, 0.3) is 0 Å². The number of allylic oxidation sites excluding steroid dienone is 1. The molecule has 0 saturated heterocycles. The summed E-state index contributed by atoms with van der Waals surface area (Å²) >= 11 is 11.4. The van der Waals surface area contributed by atoms with Gasteiger partial charge >= 0.3 is 0 Å². The molecule has 0 bridgehead atoms. The third kappa shape index (κ3) is 2.08. The highest BCUT2D eigenvalue weighted by atomic mass is 35.5. The number of rotatable bonds is 2. The summed E-state index contributed by atoms with van der Waals surface area (Å²) in [5.74, 6) is -0.244. The first kappa shape index (κ1) is 10.2. The fourth-order valence-electron chi connectivity index (χ4n) is 0.994. The van der Waals surface area contributed by atoms with Gasteiger partial charge in [-0.2, -0.15) is 0 Å². The highest BCUT2D eigenvalue weighted by Gasteiger charge is 2.12. The van der Waals surface area contributed by atoms with Crippen molar-refractivity contribution >= 4 is 29.0 Å². The minimum Gasteiger partial charge on any atom is -0.289 e. The van der Waals surface area contributed by atoms with Crippen molar-refractivity contribution in [3.05, 3.63) is 40.2 Å².